The second-order valence-corrected chi connectivity index (χ2v) is 6.37. The fourth-order valence-electron chi connectivity index (χ4n) is 3.77. The molecule has 0 aromatic carbocycles. The molecule has 1 atom stereocenters. The summed E-state index contributed by atoms with van der Waals surface area (Å²) in [5.74, 6) is 0.906. The van der Waals surface area contributed by atoms with Gasteiger partial charge >= 0.3 is 0 Å². The van der Waals surface area contributed by atoms with Crippen LogP contribution in [0, 0.1) is 11.3 Å². The van der Waals surface area contributed by atoms with E-state index < -0.39 is 0 Å². The largest absolute Gasteiger partial charge is 0.396 e. The highest BCUT2D eigenvalue weighted by Gasteiger charge is 2.34. The van der Waals surface area contributed by atoms with Crippen molar-refractivity contribution in [2.75, 3.05) is 26.2 Å². The molecule has 100 valence electrons. The molecular weight excluding hydrogens is 210 g/mol. The third-order valence-electron chi connectivity index (χ3n) is 4.99. The number of hydrogen-bond acceptors (Lipinski definition) is 2. The van der Waals surface area contributed by atoms with Crippen molar-refractivity contribution >= 4 is 0 Å². The molecule has 2 rings (SSSR count). The molecule has 0 amide bonds. The Labute approximate surface area is 106 Å². The maximum Gasteiger partial charge on any atom is 0.0499 e. The molecule has 0 aromatic heterocycles. The van der Waals surface area contributed by atoms with Gasteiger partial charge in [-0.3, -0.25) is 0 Å². The van der Waals surface area contributed by atoms with Gasteiger partial charge < -0.3 is 10.0 Å². The lowest BCUT2D eigenvalue weighted by molar-refractivity contribution is 0.0253. The Balaban J connectivity index is 1.88. The maximum atomic E-state index is 9.77. The minimum atomic E-state index is 0.244. The summed E-state index contributed by atoms with van der Waals surface area (Å²) >= 11 is 0. The summed E-state index contributed by atoms with van der Waals surface area (Å²) in [4.78, 5) is 2.64. The zero-order valence-corrected chi connectivity index (χ0v) is 11.5. The van der Waals surface area contributed by atoms with Gasteiger partial charge in [0.2, 0.25) is 0 Å². The molecule has 2 nitrogen and oxygen atoms in total. The molecule has 1 saturated heterocycles. The number of piperidine rings is 1. The van der Waals surface area contributed by atoms with Gasteiger partial charge in [0, 0.05) is 25.1 Å². The van der Waals surface area contributed by atoms with Crippen molar-refractivity contribution in [1.29, 1.82) is 0 Å². The van der Waals surface area contributed by atoms with Gasteiger partial charge in [-0.05, 0) is 38.1 Å². The molecule has 0 aromatic rings. The molecule has 1 saturated carbocycles. The first-order valence-corrected chi connectivity index (χ1v) is 7.61. The molecule has 2 aliphatic rings. The van der Waals surface area contributed by atoms with Gasteiger partial charge in [0.15, 0.2) is 0 Å². The topological polar surface area (TPSA) is 23.5 Å². The van der Waals surface area contributed by atoms with Crippen LogP contribution in [0.1, 0.15) is 58.3 Å². The number of nitrogens with zero attached hydrogens (tertiary/aromatic N) is 1. The zero-order valence-electron chi connectivity index (χ0n) is 11.5. The zero-order chi connectivity index (χ0) is 12.1. The molecule has 0 spiro atoms. The lowest BCUT2D eigenvalue weighted by Gasteiger charge is -2.42. The number of rotatable bonds is 4. The Kier molecular flexibility index (Phi) is 4.87. The molecule has 0 bridgehead atoms. The van der Waals surface area contributed by atoms with E-state index in [1.165, 1.54) is 64.5 Å². The molecule has 2 heteroatoms. The first-order valence-electron chi connectivity index (χ1n) is 7.61. The van der Waals surface area contributed by atoms with Crippen molar-refractivity contribution in [1.82, 2.24) is 4.90 Å². The van der Waals surface area contributed by atoms with Gasteiger partial charge in [-0.15, -0.1) is 0 Å². The molecule has 2 fully saturated rings. The maximum absolute atomic E-state index is 9.77. The Bertz CT molecular complexity index is 223. The van der Waals surface area contributed by atoms with Crippen molar-refractivity contribution in [2.24, 2.45) is 11.3 Å². The van der Waals surface area contributed by atoms with Crippen molar-refractivity contribution in [3.8, 4) is 0 Å². The summed E-state index contributed by atoms with van der Waals surface area (Å²) in [5.41, 5.74) is 0.244. The summed E-state index contributed by atoms with van der Waals surface area (Å²) in [6, 6.07) is 0. The van der Waals surface area contributed by atoms with E-state index in [9.17, 15) is 5.11 Å². The Morgan fingerprint density at radius 3 is 2.59 bits per heavy atom. The fourth-order valence-corrected chi connectivity index (χ4v) is 3.77. The predicted octanol–water partition coefficient (Wildman–Crippen LogP) is 3.05. The molecule has 1 aliphatic carbocycles. The molecule has 1 unspecified atom stereocenters. The monoisotopic (exact) mass is 239 g/mol. The van der Waals surface area contributed by atoms with E-state index in [1.807, 2.05) is 0 Å². The van der Waals surface area contributed by atoms with E-state index in [0.717, 1.165) is 12.5 Å². The van der Waals surface area contributed by atoms with Gasteiger partial charge in [0.05, 0.1) is 0 Å². The van der Waals surface area contributed by atoms with Crippen molar-refractivity contribution in [3.05, 3.63) is 0 Å². The highest BCUT2D eigenvalue weighted by molar-refractivity contribution is 4.87. The molecule has 1 heterocycles. The molecule has 0 radical (unpaired) electrons. The van der Waals surface area contributed by atoms with Crippen LogP contribution >= 0.6 is 0 Å². The van der Waals surface area contributed by atoms with Gasteiger partial charge in [-0.1, -0.05) is 32.6 Å². The summed E-state index contributed by atoms with van der Waals surface area (Å²) in [5, 5.41) is 9.77. The van der Waals surface area contributed by atoms with Crippen LogP contribution < -0.4 is 0 Å². The Morgan fingerprint density at radius 2 is 1.94 bits per heavy atom. The highest BCUT2D eigenvalue weighted by Crippen LogP contribution is 2.37. The second-order valence-electron chi connectivity index (χ2n) is 6.37. The van der Waals surface area contributed by atoms with Crippen molar-refractivity contribution < 1.29 is 5.11 Å². The second kappa shape index (κ2) is 6.19. The van der Waals surface area contributed by atoms with Crippen LogP contribution in [0.15, 0.2) is 0 Å². The SMILES string of the molecule is CCC1CCCN(CC2(CO)CCCCC2)C1. The Morgan fingerprint density at radius 1 is 1.18 bits per heavy atom. The third-order valence-corrected chi connectivity index (χ3v) is 4.99. The fraction of sp³-hybridized carbons (Fsp3) is 1.00. The quantitative estimate of drug-likeness (QED) is 0.815. The smallest absolute Gasteiger partial charge is 0.0499 e. The van der Waals surface area contributed by atoms with Gasteiger partial charge in [0.1, 0.15) is 0 Å². The van der Waals surface area contributed by atoms with Crippen LogP contribution in [0.3, 0.4) is 0 Å². The van der Waals surface area contributed by atoms with Gasteiger partial charge in [-0.2, -0.15) is 0 Å². The third kappa shape index (κ3) is 3.45. The van der Waals surface area contributed by atoms with Crippen LogP contribution in [0.25, 0.3) is 0 Å². The lowest BCUT2D eigenvalue weighted by Crippen LogP contribution is -2.45. The normalized spacial score (nSPS) is 30.4. The summed E-state index contributed by atoms with van der Waals surface area (Å²) < 4.78 is 0. The summed E-state index contributed by atoms with van der Waals surface area (Å²) in [7, 11) is 0. The Hall–Kier alpha value is -0.0800. The average Bonchev–Trinajstić information content (AvgIpc) is 2.40. The first-order chi connectivity index (χ1) is 8.28. The molecule has 1 N–H and O–H groups in total. The minimum Gasteiger partial charge on any atom is -0.396 e. The van der Waals surface area contributed by atoms with E-state index in [2.05, 4.69) is 11.8 Å². The first kappa shape index (κ1) is 13.4. The van der Waals surface area contributed by atoms with Crippen molar-refractivity contribution in [2.45, 2.75) is 58.3 Å². The highest BCUT2D eigenvalue weighted by atomic mass is 16.3. The standard InChI is InChI=1S/C15H29NO/c1-2-14-7-6-10-16(11-14)12-15(13-17)8-4-3-5-9-15/h14,17H,2-13H2,1H3. The summed E-state index contributed by atoms with van der Waals surface area (Å²) in [6.45, 7) is 6.41. The van der Waals surface area contributed by atoms with Crippen LogP contribution in [0.4, 0.5) is 0 Å². The van der Waals surface area contributed by atoms with E-state index in [0.29, 0.717) is 6.61 Å². The van der Waals surface area contributed by atoms with E-state index >= 15 is 0 Å². The van der Waals surface area contributed by atoms with Crippen LogP contribution in [-0.4, -0.2) is 36.2 Å². The number of aliphatic hydroxyl groups excluding tert-OH is 1. The van der Waals surface area contributed by atoms with Crippen LogP contribution in [-0.2, 0) is 0 Å². The lowest BCUT2D eigenvalue weighted by atomic mass is 9.74. The summed E-state index contributed by atoms with van der Waals surface area (Å²) in [6.07, 6.45) is 10.6. The molecular formula is C15H29NO. The number of likely N-dealkylation sites (tertiary alicyclic amines) is 1. The molecule has 1 aliphatic heterocycles. The average molecular weight is 239 g/mol. The number of hydrogen-bond donors (Lipinski definition) is 1. The van der Waals surface area contributed by atoms with Gasteiger partial charge in [-0.25, -0.2) is 0 Å². The van der Waals surface area contributed by atoms with Crippen LogP contribution in [0.5, 0.6) is 0 Å². The van der Waals surface area contributed by atoms with Crippen LogP contribution in [0.2, 0.25) is 0 Å². The van der Waals surface area contributed by atoms with E-state index in [4.69, 9.17) is 0 Å². The van der Waals surface area contributed by atoms with E-state index in [1.54, 1.807) is 0 Å². The van der Waals surface area contributed by atoms with E-state index in [-0.39, 0.29) is 5.41 Å². The predicted molar refractivity (Wildman–Crippen MR) is 72.1 cm³/mol. The molecule has 17 heavy (non-hydrogen) atoms. The minimum absolute atomic E-state index is 0.244. The number of aliphatic hydroxyl groups is 1. The van der Waals surface area contributed by atoms with Crippen molar-refractivity contribution in [3.63, 3.8) is 0 Å². The van der Waals surface area contributed by atoms with Gasteiger partial charge in [0.25, 0.3) is 0 Å².